The van der Waals surface area contributed by atoms with Crippen molar-refractivity contribution in [1.82, 2.24) is 9.88 Å². The molecule has 1 aliphatic rings. The van der Waals surface area contributed by atoms with Gasteiger partial charge in [-0.3, -0.25) is 0 Å². The second-order valence-electron chi connectivity index (χ2n) is 4.24. The van der Waals surface area contributed by atoms with Gasteiger partial charge in [0.05, 0.1) is 4.47 Å². The van der Waals surface area contributed by atoms with Gasteiger partial charge in [0.15, 0.2) is 0 Å². The van der Waals surface area contributed by atoms with Crippen LogP contribution in [0.5, 0.6) is 0 Å². The molecule has 0 aromatic carbocycles. The van der Waals surface area contributed by atoms with Crippen LogP contribution in [0, 0.1) is 6.92 Å². The van der Waals surface area contributed by atoms with Crippen LogP contribution in [-0.2, 0) is 0 Å². The standard InChI is InChI=1S/C12H18BrN3.ClH/c1-3-15-4-6-16(7-5-15)12-11(13)8-10(2)9-14-12;/h8-9H,3-7H2,1-2H3;1H. The maximum absolute atomic E-state index is 4.51. The maximum Gasteiger partial charge on any atom is 0.142 e. The summed E-state index contributed by atoms with van der Waals surface area (Å²) < 4.78 is 1.11. The lowest BCUT2D eigenvalue weighted by molar-refractivity contribution is 0.270. The van der Waals surface area contributed by atoms with Gasteiger partial charge in [-0.15, -0.1) is 12.4 Å². The third-order valence-electron chi connectivity index (χ3n) is 3.08. The molecule has 3 nitrogen and oxygen atoms in total. The molecular weight excluding hydrogens is 302 g/mol. The molecule has 2 rings (SSSR count). The number of nitrogens with zero attached hydrogens (tertiary/aromatic N) is 3. The zero-order valence-corrected chi connectivity index (χ0v) is 12.7. The minimum absolute atomic E-state index is 0. The number of pyridine rings is 1. The second-order valence-corrected chi connectivity index (χ2v) is 5.09. The average Bonchev–Trinajstić information content (AvgIpc) is 2.29. The Kier molecular flexibility index (Phi) is 5.70. The highest BCUT2D eigenvalue weighted by Crippen LogP contribution is 2.25. The highest BCUT2D eigenvalue weighted by Gasteiger charge is 2.18. The van der Waals surface area contributed by atoms with Gasteiger partial charge in [0.1, 0.15) is 5.82 Å². The monoisotopic (exact) mass is 319 g/mol. The number of aryl methyl sites for hydroxylation is 1. The summed E-state index contributed by atoms with van der Waals surface area (Å²) in [7, 11) is 0. The summed E-state index contributed by atoms with van der Waals surface area (Å²) >= 11 is 3.60. The molecule has 0 N–H and O–H groups in total. The zero-order valence-electron chi connectivity index (χ0n) is 10.3. The lowest BCUT2D eigenvalue weighted by atomic mass is 10.2. The number of hydrogen-bond acceptors (Lipinski definition) is 3. The first-order valence-corrected chi connectivity index (χ1v) is 6.59. The van der Waals surface area contributed by atoms with Gasteiger partial charge in [0.2, 0.25) is 0 Å². The summed E-state index contributed by atoms with van der Waals surface area (Å²) in [5.41, 5.74) is 1.20. The van der Waals surface area contributed by atoms with E-state index in [0.29, 0.717) is 0 Å². The molecule has 1 aromatic heterocycles. The molecule has 5 heteroatoms. The van der Waals surface area contributed by atoms with Gasteiger partial charge in [0, 0.05) is 32.4 Å². The molecule has 0 bridgehead atoms. The van der Waals surface area contributed by atoms with Crippen LogP contribution in [0.3, 0.4) is 0 Å². The van der Waals surface area contributed by atoms with Crippen LogP contribution in [0.4, 0.5) is 5.82 Å². The van der Waals surface area contributed by atoms with Crippen molar-refractivity contribution in [3.8, 4) is 0 Å². The van der Waals surface area contributed by atoms with Gasteiger partial charge in [-0.25, -0.2) is 4.98 Å². The summed E-state index contributed by atoms with van der Waals surface area (Å²) in [5, 5.41) is 0. The molecule has 1 aromatic rings. The lowest BCUT2D eigenvalue weighted by Crippen LogP contribution is -2.46. The molecule has 0 amide bonds. The number of hydrogen-bond donors (Lipinski definition) is 0. The largest absolute Gasteiger partial charge is 0.353 e. The smallest absolute Gasteiger partial charge is 0.142 e. The van der Waals surface area contributed by atoms with Crippen LogP contribution < -0.4 is 4.90 Å². The molecule has 0 aliphatic carbocycles. The Morgan fingerprint density at radius 2 is 1.94 bits per heavy atom. The predicted molar refractivity (Wildman–Crippen MR) is 78.2 cm³/mol. The topological polar surface area (TPSA) is 19.4 Å². The average molecular weight is 321 g/mol. The number of likely N-dealkylation sites (N-methyl/N-ethyl adjacent to an activating group) is 1. The summed E-state index contributed by atoms with van der Waals surface area (Å²) in [6.45, 7) is 9.85. The van der Waals surface area contributed by atoms with Crippen LogP contribution in [0.1, 0.15) is 12.5 Å². The zero-order chi connectivity index (χ0) is 11.5. The van der Waals surface area contributed by atoms with E-state index in [2.05, 4.69) is 50.6 Å². The normalized spacial score (nSPS) is 16.8. The van der Waals surface area contributed by atoms with Crippen molar-refractivity contribution in [2.24, 2.45) is 0 Å². The number of aromatic nitrogens is 1. The Morgan fingerprint density at radius 3 is 2.47 bits per heavy atom. The molecule has 0 atom stereocenters. The van der Waals surface area contributed by atoms with Gasteiger partial charge in [-0.1, -0.05) is 6.92 Å². The first kappa shape index (κ1) is 14.7. The molecule has 0 unspecified atom stereocenters. The van der Waals surface area contributed by atoms with E-state index < -0.39 is 0 Å². The van der Waals surface area contributed by atoms with Crippen molar-refractivity contribution < 1.29 is 0 Å². The summed E-state index contributed by atoms with van der Waals surface area (Å²) in [6, 6.07) is 2.13. The van der Waals surface area contributed by atoms with Crippen LogP contribution in [-0.4, -0.2) is 42.6 Å². The fourth-order valence-electron chi connectivity index (χ4n) is 2.03. The third-order valence-corrected chi connectivity index (χ3v) is 3.66. The molecule has 96 valence electrons. The fourth-order valence-corrected chi connectivity index (χ4v) is 2.75. The van der Waals surface area contributed by atoms with E-state index >= 15 is 0 Å². The Morgan fingerprint density at radius 1 is 1.29 bits per heavy atom. The first-order valence-electron chi connectivity index (χ1n) is 5.80. The molecular formula is C12H19BrClN3. The molecule has 0 saturated carbocycles. The summed E-state index contributed by atoms with van der Waals surface area (Å²) in [4.78, 5) is 9.34. The Bertz CT molecular complexity index is 365. The highest BCUT2D eigenvalue weighted by atomic mass is 79.9. The van der Waals surface area contributed by atoms with Gasteiger partial charge in [0.25, 0.3) is 0 Å². The van der Waals surface area contributed by atoms with Crippen LogP contribution in [0.25, 0.3) is 0 Å². The van der Waals surface area contributed by atoms with Crippen molar-refractivity contribution >= 4 is 34.2 Å². The summed E-state index contributed by atoms with van der Waals surface area (Å²) in [6.07, 6.45) is 1.94. The molecule has 17 heavy (non-hydrogen) atoms. The highest BCUT2D eigenvalue weighted by molar-refractivity contribution is 9.10. The van der Waals surface area contributed by atoms with Crippen LogP contribution >= 0.6 is 28.3 Å². The van der Waals surface area contributed by atoms with Crippen LogP contribution in [0.15, 0.2) is 16.7 Å². The Hall–Kier alpha value is -0.320. The number of rotatable bonds is 2. The van der Waals surface area contributed by atoms with Crippen molar-refractivity contribution in [2.75, 3.05) is 37.6 Å². The van der Waals surface area contributed by atoms with E-state index in [1.165, 1.54) is 5.56 Å². The minimum Gasteiger partial charge on any atom is -0.353 e. The van der Waals surface area contributed by atoms with E-state index in [-0.39, 0.29) is 12.4 Å². The maximum atomic E-state index is 4.51. The van der Waals surface area contributed by atoms with E-state index in [1.54, 1.807) is 0 Å². The third kappa shape index (κ3) is 3.57. The van der Waals surface area contributed by atoms with Gasteiger partial charge < -0.3 is 9.80 Å². The van der Waals surface area contributed by atoms with Crippen molar-refractivity contribution in [3.05, 3.63) is 22.3 Å². The van der Waals surface area contributed by atoms with E-state index in [1.807, 2.05) is 6.20 Å². The Balaban J connectivity index is 0.00000144. The minimum atomic E-state index is 0. The van der Waals surface area contributed by atoms with Gasteiger partial charge >= 0.3 is 0 Å². The molecule has 1 aliphatic heterocycles. The quantitative estimate of drug-likeness (QED) is 0.835. The van der Waals surface area contributed by atoms with Crippen molar-refractivity contribution in [3.63, 3.8) is 0 Å². The SMILES string of the molecule is CCN1CCN(c2ncc(C)cc2Br)CC1.Cl. The molecule has 1 fully saturated rings. The molecule has 2 heterocycles. The molecule has 0 radical (unpaired) electrons. The van der Waals surface area contributed by atoms with Gasteiger partial charge in [-0.2, -0.15) is 0 Å². The van der Waals surface area contributed by atoms with Crippen molar-refractivity contribution in [2.45, 2.75) is 13.8 Å². The van der Waals surface area contributed by atoms with E-state index in [9.17, 15) is 0 Å². The van der Waals surface area contributed by atoms with E-state index in [4.69, 9.17) is 0 Å². The number of piperazine rings is 1. The number of anilines is 1. The molecule has 1 saturated heterocycles. The first-order chi connectivity index (χ1) is 7.70. The number of halogens is 2. The molecule has 0 spiro atoms. The second kappa shape index (κ2) is 6.57. The van der Waals surface area contributed by atoms with Gasteiger partial charge in [-0.05, 0) is 41.0 Å². The summed E-state index contributed by atoms with van der Waals surface area (Å²) in [5.74, 6) is 1.08. The Labute approximate surface area is 118 Å². The van der Waals surface area contributed by atoms with E-state index in [0.717, 1.165) is 43.0 Å². The predicted octanol–water partition coefficient (Wildman–Crippen LogP) is 2.72. The fraction of sp³-hybridized carbons (Fsp3) is 0.583. The van der Waals surface area contributed by atoms with Crippen LogP contribution in [0.2, 0.25) is 0 Å². The lowest BCUT2D eigenvalue weighted by Gasteiger charge is -2.35. The van der Waals surface area contributed by atoms with Crippen molar-refractivity contribution in [1.29, 1.82) is 0 Å².